The van der Waals surface area contributed by atoms with Crippen LogP contribution in [0.2, 0.25) is 0 Å². The standard InChI is InChI=1S/C14H9ClF8N2O4/c1-3-29-11(27)5-6(25-12(15)14(21,22)23)4(10(26)28-2)7(9(16)17)24-8(5)13(18,19)20/h9H,3H2,1-2H3. The third-order valence-corrected chi connectivity index (χ3v) is 3.29. The third kappa shape index (κ3) is 5.52. The maximum Gasteiger partial charge on any atom is 0.444 e. The van der Waals surface area contributed by atoms with Crippen LogP contribution in [0.4, 0.5) is 40.8 Å². The summed E-state index contributed by atoms with van der Waals surface area (Å²) in [6.45, 7) is 0.579. The number of aliphatic imine (C=N–C) groups is 1. The van der Waals surface area contributed by atoms with Crippen LogP contribution >= 0.6 is 11.6 Å². The highest BCUT2D eigenvalue weighted by Crippen LogP contribution is 2.41. The first-order valence-electron chi connectivity index (χ1n) is 7.16. The van der Waals surface area contributed by atoms with Crippen molar-refractivity contribution in [2.24, 2.45) is 4.99 Å². The zero-order chi connectivity index (χ0) is 22.7. The van der Waals surface area contributed by atoms with Gasteiger partial charge in [-0.2, -0.15) is 26.3 Å². The van der Waals surface area contributed by atoms with Crippen LogP contribution in [0.1, 0.15) is 45.5 Å². The van der Waals surface area contributed by atoms with E-state index in [4.69, 9.17) is 11.6 Å². The zero-order valence-electron chi connectivity index (χ0n) is 14.2. The van der Waals surface area contributed by atoms with Gasteiger partial charge >= 0.3 is 24.3 Å². The van der Waals surface area contributed by atoms with Crippen LogP contribution in [0.25, 0.3) is 0 Å². The van der Waals surface area contributed by atoms with Gasteiger partial charge in [0.15, 0.2) is 5.69 Å². The number of ether oxygens (including phenoxy) is 2. The summed E-state index contributed by atoms with van der Waals surface area (Å²) in [5.41, 5.74) is -9.45. The second-order valence-corrected chi connectivity index (χ2v) is 5.21. The first-order valence-corrected chi connectivity index (χ1v) is 7.54. The minimum absolute atomic E-state index is 0.559. The molecule has 0 atom stereocenters. The Balaban J connectivity index is 4.25. The predicted molar refractivity (Wildman–Crippen MR) is 80.5 cm³/mol. The SMILES string of the molecule is CCOC(=O)c1c(C(F)(F)F)nc(C(F)F)c(C(=O)OC)c1N=C(Cl)C(F)(F)F. The Morgan fingerprint density at radius 1 is 1.10 bits per heavy atom. The molecule has 162 valence electrons. The number of nitrogens with zero attached hydrogens (tertiary/aromatic N) is 2. The van der Waals surface area contributed by atoms with Gasteiger partial charge in [-0.05, 0) is 6.92 Å². The molecule has 0 aromatic carbocycles. The lowest BCUT2D eigenvalue weighted by Gasteiger charge is -2.18. The molecule has 0 radical (unpaired) electrons. The first kappa shape index (κ1) is 24.5. The number of carbonyl (C=O) groups excluding carboxylic acids is 2. The lowest BCUT2D eigenvalue weighted by Crippen LogP contribution is -2.23. The number of esters is 2. The average molecular weight is 457 g/mol. The van der Waals surface area contributed by atoms with Gasteiger partial charge in [-0.15, -0.1) is 0 Å². The number of carbonyl (C=O) groups is 2. The summed E-state index contributed by atoms with van der Waals surface area (Å²) in [5.74, 6) is -3.76. The van der Waals surface area contributed by atoms with Gasteiger partial charge < -0.3 is 9.47 Å². The first-order chi connectivity index (χ1) is 13.2. The molecule has 0 N–H and O–H groups in total. The molecule has 1 aromatic heterocycles. The van der Waals surface area contributed by atoms with Gasteiger partial charge in [-0.25, -0.2) is 28.3 Å². The lowest BCUT2D eigenvalue weighted by atomic mass is 10.0. The summed E-state index contributed by atoms with van der Waals surface area (Å²) >= 11 is 4.90. The van der Waals surface area contributed by atoms with E-state index in [0.717, 1.165) is 6.92 Å². The summed E-state index contributed by atoms with van der Waals surface area (Å²) in [5, 5.41) is -2.35. The Morgan fingerprint density at radius 2 is 1.66 bits per heavy atom. The Morgan fingerprint density at radius 3 is 2.03 bits per heavy atom. The van der Waals surface area contributed by atoms with E-state index < -0.39 is 70.7 Å². The highest BCUT2D eigenvalue weighted by atomic mass is 35.5. The molecule has 0 amide bonds. The highest BCUT2D eigenvalue weighted by molar-refractivity contribution is 6.67. The van der Waals surface area contributed by atoms with E-state index in [1.54, 1.807) is 0 Å². The van der Waals surface area contributed by atoms with Crippen LogP contribution in [0.3, 0.4) is 0 Å². The van der Waals surface area contributed by atoms with Gasteiger partial charge in [-0.1, -0.05) is 11.6 Å². The highest BCUT2D eigenvalue weighted by Gasteiger charge is 2.44. The molecule has 0 bridgehead atoms. The van der Waals surface area contributed by atoms with Crippen LogP contribution < -0.4 is 0 Å². The van der Waals surface area contributed by atoms with E-state index in [0.29, 0.717) is 7.11 Å². The van der Waals surface area contributed by atoms with E-state index >= 15 is 0 Å². The van der Waals surface area contributed by atoms with Crippen LogP contribution in [-0.4, -0.2) is 42.0 Å². The molecule has 15 heteroatoms. The normalized spacial score (nSPS) is 12.9. The molecule has 0 aliphatic rings. The molecular weight excluding hydrogens is 448 g/mol. The summed E-state index contributed by atoms with van der Waals surface area (Å²) in [6.07, 6.45) is -15.0. The Labute approximate surface area is 161 Å². The Bertz CT molecular complexity index is 836. The van der Waals surface area contributed by atoms with Crippen LogP contribution in [-0.2, 0) is 15.7 Å². The molecule has 1 rings (SSSR count). The summed E-state index contributed by atoms with van der Waals surface area (Å²) in [4.78, 5) is 29.1. The van der Waals surface area contributed by atoms with Crippen molar-refractivity contribution in [2.45, 2.75) is 25.7 Å². The molecule has 1 heterocycles. The number of rotatable bonds is 5. The molecule has 6 nitrogen and oxygen atoms in total. The lowest BCUT2D eigenvalue weighted by molar-refractivity contribution is -0.142. The van der Waals surface area contributed by atoms with Crippen molar-refractivity contribution >= 4 is 34.4 Å². The molecular formula is C14H9ClF8N2O4. The smallest absolute Gasteiger partial charge is 0.444 e. The molecule has 0 unspecified atom stereocenters. The number of pyridine rings is 1. The number of hydrogen-bond acceptors (Lipinski definition) is 6. The molecule has 0 saturated carbocycles. The maximum absolute atomic E-state index is 13.3. The van der Waals surface area contributed by atoms with Gasteiger partial charge in [0.05, 0.1) is 19.4 Å². The fourth-order valence-electron chi connectivity index (χ4n) is 1.93. The van der Waals surface area contributed by atoms with Crippen molar-refractivity contribution in [3.05, 3.63) is 22.5 Å². The zero-order valence-corrected chi connectivity index (χ0v) is 15.0. The minimum Gasteiger partial charge on any atom is -0.465 e. The van der Waals surface area contributed by atoms with Crippen LogP contribution in [0.5, 0.6) is 0 Å². The number of methoxy groups -OCH3 is 1. The minimum atomic E-state index is -5.62. The molecule has 0 aliphatic carbocycles. The van der Waals surface area contributed by atoms with Crippen molar-refractivity contribution in [3.63, 3.8) is 0 Å². The van der Waals surface area contributed by atoms with Crippen LogP contribution in [0.15, 0.2) is 4.99 Å². The summed E-state index contributed by atoms with van der Waals surface area (Å²) in [6, 6.07) is 0. The second kappa shape index (κ2) is 8.88. The summed E-state index contributed by atoms with van der Waals surface area (Å²) < 4.78 is 113. The van der Waals surface area contributed by atoms with Crippen molar-refractivity contribution in [1.29, 1.82) is 0 Å². The monoisotopic (exact) mass is 456 g/mol. The molecule has 1 aromatic rings. The quantitative estimate of drug-likeness (QED) is 0.360. The number of aromatic nitrogens is 1. The van der Waals surface area contributed by atoms with Crippen molar-refractivity contribution in [3.8, 4) is 0 Å². The van der Waals surface area contributed by atoms with Crippen molar-refractivity contribution in [1.82, 2.24) is 4.98 Å². The van der Waals surface area contributed by atoms with Crippen LogP contribution in [0, 0.1) is 0 Å². The average Bonchev–Trinajstić information content (AvgIpc) is 2.58. The molecule has 29 heavy (non-hydrogen) atoms. The molecule has 0 aliphatic heterocycles. The van der Waals surface area contributed by atoms with E-state index in [1.807, 2.05) is 0 Å². The molecule has 0 saturated heterocycles. The van der Waals surface area contributed by atoms with E-state index in [9.17, 15) is 44.7 Å². The number of hydrogen-bond donors (Lipinski definition) is 0. The van der Waals surface area contributed by atoms with Gasteiger partial charge in [0.25, 0.3) is 6.43 Å². The molecule has 0 spiro atoms. The fourth-order valence-corrected chi connectivity index (χ4v) is 2.01. The van der Waals surface area contributed by atoms with Crippen molar-refractivity contribution in [2.75, 3.05) is 13.7 Å². The van der Waals surface area contributed by atoms with Gasteiger partial charge in [0.2, 0.25) is 5.17 Å². The topological polar surface area (TPSA) is 77.8 Å². The van der Waals surface area contributed by atoms with E-state index in [2.05, 4.69) is 19.5 Å². The fraction of sp³-hybridized carbons (Fsp3) is 0.429. The molecule has 0 fully saturated rings. The largest absolute Gasteiger partial charge is 0.465 e. The number of alkyl halides is 8. The third-order valence-electron chi connectivity index (χ3n) is 2.99. The predicted octanol–water partition coefficient (Wildman–Crippen LogP) is 4.83. The maximum atomic E-state index is 13.3. The van der Waals surface area contributed by atoms with Gasteiger partial charge in [0, 0.05) is 0 Å². The number of halogens is 9. The van der Waals surface area contributed by atoms with E-state index in [1.165, 1.54) is 0 Å². The Kier molecular flexibility index (Phi) is 7.51. The second-order valence-electron chi connectivity index (χ2n) is 4.86. The van der Waals surface area contributed by atoms with Crippen molar-refractivity contribution < 1.29 is 54.2 Å². The van der Waals surface area contributed by atoms with E-state index in [-0.39, 0.29) is 0 Å². The summed E-state index contributed by atoms with van der Waals surface area (Å²) in [7, 11) is 0.595. The van der Waals surface area contributed by atoms with Gasteiger partial charge in [0.1, 0.15) is 16.8 Å². The van der Waals surface area contributed by atoms with Gasteiger partial charge in [-0.3, -0.25) is 0 Å². The Hall–Kier alpha value is -2.51.